The summed E-state index contributed by atoms with van der Waals surface area (Å²) < 4.78 is 2.18. The number of rotatable bonds is 10. The number of carbonyl (C=O) groups excluding carboxylic acids is 1. The van der Waals surface area contributed by atoms with E-state index in [0.717, 1.165) is 42.5 Å². The molecule has 1 aromatic carbocycles. The summed E-state index contributed by atoms with van der Waals surface area (Å²) >= 11 is 1.44. The number of hydrogen-bond acceptors (Lipinski definition) is 5. The van der Waals surface area contributed by atoms with Gasteiger partial charge in [0.15, 0.2) is 11.0 Å². The maximum Gasteiger partial charge on any atom is 0.234 e. The fourth-order valence-electron chi connectivity index (χ4n) is 2.81. The first-order valence-corrected chi connectivity index (χ1v) is 10.1. The Balaban J connectivity index is 2.07. The van der Waals surface area contributed by atoms with Gasteiger partial charge in [0.05, 0.1) is 11.8 Å². The van der Waals surface area contributed by atoms with Crippen molar-refractivity contribution in [2.75, 3.05) is 25.2 Å². The Bertz CT molecular complexity index is 686. The first kappa shape index (κ1) is 20.5. The normalized spacial score (nSPS) is 12.3. The van der Waals surface area contributed by atoms with Gasteiger partial charge in [0, 0.05) is 12.2 Å². The van der Waals surface area contributed by atoms with Gasteiger partial charge in [-0.2, -0.15) is 0 Å². The Morgan fingerprint density at radius 2 is 1.96 bits per heavy atom. The fourth-order valence-corrected chi connectivity index (χ4v) is 3.58. The van der Waals surface area contributed by atoms with E-state index in [1.807, 2.05) is 30.3 Å². The minimum absolute atomic E-state index is 0.0348. The predicted octanol–water partition coefficient (Wildman–Crippen LogP) is 3.82. The van der Waals surface area contributed by atoms with Crippen LogP contribution in [0, 0.1) is 0 Å². The van der Waals surface area contributed by atoms with Crippen molar-refractivity contribution in [2.45, 2.75) is 50.9 Å². The molecule has 2 aromatic rings. The first-order chi connectivity index (χ1) is 12.6. The standard InChI is InChI=1S/C19H29N5OS/c1-5-7-13-24-18(16(6-2)23(3)4)21-22-19(24)26-14-17(25)20-15-11-9-8-10-12-15/h8-12,16H,5-7,13-14H2,1-4H3,(H,20,25). The molecule has 1 aromatic heterocycles. The van der Waals surface area contributed by atoms with E-state index >= 15 is 0 Å². The molecule has 1 amide bonds. The SMILES string of the molecule is CCCCn1c(SCC(=O)Nc2ccccc2)nnc1C(CC)N(C)C. The summed E-state index contributed by atoms with van der Waals surface area (Å²) in [4.78, 5) is 14.4. The molecule has 0 aliphatic heterocycles. The lowest BCUT2D eigenvalue weighted by Crippen LogP contribution is -2.23. The minimum Gasteiger partial charge on any atom is -0.325 e. The lowest BCUT2D eigenvalue weighted by atomic mass is 10.2. The second kappa shape index (κ2) is 10.3. The van der Waals surface area contributed by atoms with Gasteiger partial charge in [0.25, 0.3) is 0 Å². The van der Waals surface area contributed by atoms with Crippen molar-refractivity contribution in [1.29, 1.82) is 0 Å². The van der Waals surface area contributed by atoms with Crippen LogP contribution in [0.4, 0.5) is 5.69 Å². The topological polar surface area (TPSA) is 63.1 Å². The number of thioether (sulfide) groups is 1. The molecule has 0 fully saturated rings. The van der Waals surface area contributed by atoms with Gasteiger partial charge in [-0.1, -0.05) is 50.2 Å². The Kier molecular flexibility index (Phi) is 8.12. The third-order valence-electron chi connectivity index (χ3n) is 4.18. The van der Waals surface area contributed by atoms with Gasteiger partial charge in [-0.05, 0) is 39.1 Å². The van der Waals surface area contributed by atoms with Gasteiger partial charge in [-0.3, -0.25) is 9.69 Å². The van der Waals surface area contributed by atoms with Crippen LogP contribution >= 0.6 is 11.8 Å². The number of hydrogen-bond donors (Lipinski definition) is 1. The van der Waals surface area contributed by atoms with E-state index in [1.54, 1.807) is 0 Å². The van der Waals surface area contributed by atoms with Gasteiger partial charge >= 0.3 is 0 Å². The molecule has 1 N–H and O–H groups in total. The molecule has 7 heteroatoms. The molecule has 2 rings (SSSR count). The van der Waals surface area contributed by atoms with E-state index in [1.165, 1.54) is 11.8 Å². The summed E-state index contributed by atoms with van der Waals surface area (Å²) in [5.74, 6) is 1.27. The van der Waals surface area contributed by atoms with Crippen molar-refractivity contribution < 1.29 is 4.79 Å². The van der Waals surface area contributed by atoms with Crippen LogP contribution < -0.4 is 5.32 Å². The molecule has 0 radical (unpaired) electrons. The van der Waals surface area contributed by atoms with Gasteiger partial charge in [-0.15, -0.1) is 10.2 Å². The molecule has 1 heterocycles. The largest absolute Gasteiger partial charge is 0.325 e. The highest BCUT2D eigenvalue weighted by atomic mass is 32.2. The molecule has 1 atom stereocenters. The molecule has 26 heavy (non-hydrogen) atoms. The molecule has 0 saturated heterocycles. The van der Waals surface area contributed by atoms with E-state index in [4.69, 9.17) is 0 Å². The highest BCUT2D eigenvalue weighted by Gasteiger charge is 2.22. The Morgan fingerprint density at radius 1 is 1.23 bits per heavy atom. The van der Waals surface area contributed by atoms with Crippen LogP contribution in [0.3, 0.4) is 0 Å². The van der Waals surface area contributed by atoms with Crippen LogP contribution in [0.15, 0.2) is 35.5 Å². The zero-order valence-electron chi connectivity index (χ0n) is 16.1. The number of para-hydroxylation sites is 1. The molecule has 1 unspecified atom stereocenters. The van der Waals surface area contributed by atoms with E-state index in [-0.39, 0.29) is 11.9 Å². The maximum absolute atomic E-state index is 12.2. The summed E-state index contributed by atoms with van der Waals surface area (Å²) in [5, 5.41) is 12.5. The van der Waals surface area contributed by atoms with Crippen LogP contribution in [0.1, 0.15) is 45.0 Å². The molecule has 6 nitrogen and oxygen atoms in total. The molecule has 0 aliphatic carbocycles. The summed E-state index contributed by atoms with van der Waals surface area (Å²) in [5.41, 5.74) is 0.810. The number of aromatic nitrogens is 3. The van der Waals surface area contributed by atoms with Crippen LogP contribution in [-0.4, -0.2) is 45.4 Å². The van der Waals surface area contributed by atoms with Crippen molar-refractivity contribution in [3.63, 3.8) is 0 Å². The first-order valence-electron chi connectivity index (χ1n) is 9.14. The molecule has 0 spiro atoms. The lowest BCUT2D eigenvalue weighted by Gasteiger charge is -2.23. The number of benzene rings is 1. The number of nitrogens with one attached hydrogen (secondary N) is 1. The van der Waals surface area contributed by atoms with Crippen LogP contribution in [0.2, 0.25) is 0 Å². The number of nitrogens with zero attached hydrogens (tertiary/aromatic N) is 4. The number of carbonyl (C=O) groups is 1. The third kappa shape index (κ3) is 5.57. The van der Waals surface area contributed by atoms with Crippen molar-refractivity contribution in [2.24, 2.45) is 0 Å². The van der Waals surface area contributed by atoms with E-state index in [0.29, 0.717) is 5.75 Å². The van der Waals surface area contributed by atoms with Crippen molar-refractivity contribution in [3.8, 4) is 0 Å². The second-order valence-corrected chi connectivity index (χ2v) is 7.38. The molecular weight excluding hydrogens is 346 g/mol. The average Bonchev–Trinajstić information content (AvgIpc) is 3.02. The molecular formula is C19H29N5OS. The molecule has 142 valence electrons. The molecule has 0 bridgehead atoms. The smallest absolute Gasteiger partial charge is 0.234 e. The van der Waals surface area contributed by atoms with Gasteiger partial charge in [0.1, 0.15) is 0 Å². The van der Waals surface area contributed by atoms with E-state index < -0.39 is 0 Å². The maximum atomic E-state index is 12.2. The van der Waals surface area contributed by atoms with Crippen molar-refractivity contribution in [1.82, 2.24) is 19.7 Å². The van der Waals surface area contributed by atoms with E-state index in [2.05, 4.69) is 52.9 Å². The Labute approximate surface area is 160 Å². The highest BCUT2D eigenvalue weighted by Crippen LogP contribution is 2.25. The van der Waals surface area contributed by atoms with Crippen LogP contribution in [-0.2, 0) is 11.3 Å². The fraction of sp³-hybridized carbons (Fsp3) is 0.526. The monoisotopic (exact) mass is 375 g/mol. The molecule has 0 saturated carbocycles. The van der Waals surface area contributed by atoms with Crippen LogP contribution in [0.5, 0.6) is 0 Å². The summed E-state index contributed by atoms with van der Waals surface area (Å²) in [6, 6.07) is 9.73. The summed E-state index contributed by atoms with van der Waals surface area (Å²) in [6.45, 7) is 5.21. The number of anilines is 1. The Morgan fingerprint density at radius 3 is 2.58 bits per heavy atom. The summed E-state index contributed by atoms with van der Waals surface area (Å²) in [6.07, 6.45) is 3.14. The lowest BCUT2D eigenvalue weighted by molar-refractivity contribution is -0.113. The van der Waals surface area contributed by atoms with Crippen molar-refractivity contribution >= 4 is 23.4 Å². The second-order valence-electron chi connectivity index (χ2n) is 6.44. The zero-order valence-corrected chi connectivity index (χ0v) is 16.9. The minimum atomic E-state index is -0.0348. The average molecular weight is 376 g/mol. The van der Waals surface area contributed by atoms with E-state index in [9.17, 15) is 4.79 Å². The quantitative estimate of drug-likeness (QED) is 0.640. The number of amides is 1. The van der Waals surface area contributed by atoms with Gasteiger partial charge < -0.3 is 9.88 Å². The highest BCUT2D eigenvalue weighted by molar-refractivity contribution is 7.99. The zero-order chi connectivity index (χ0) is 18.9. The summed E-state index contributed by atoms with van der Waals surface area (Å²) in [7, 11) is 4.13. The van der Waals surface area contributed by atoms with Gasteiger partial charge in [-0.25, -0.2) is 0 Å². The van der Waals surface area contributed by atoms with Gasteiger partial charge in [0.2, 0.25) is 5.91 Å². The third-order valence-corrected chi connectivity index (χ3v) is 5.15. The molecule has 0 aliphatic rings. The Hall–Kier alpha value is -1.86. The van der Waals surface area contributed by atoms with Crippen LogP contribution in [0.25, 0.3) is 0 Å². The number of unbranched alkanes of at least 4 members (excludes halogenated alkanes) is 1. The van der Waals surface area contributed by atoms with Crippen molar-refractivity contribution in [3.05, 3.63) is 36.2 Å². The predicted molar refractivity (Wildman–Crippen MR) is 107 cm³/mol.